The van der Waals surface area contributed by atoms with Gasteiger partial charge in [-0.25, -0.2) is 0 Å². The zero-order chi connectivity index (χ0) is 17.8. The number of rotatable bonds is 6. The molecule has 1 aromatic carbocycles. The minimum absolute atomic E-state index is 0.105. The molecule has 2 unspecified atom stereocenters. The van der Waals surface area contributed by atoms with Gasteiger partial charge in [-0.15, -0.1) is 0 Å². The van der Waals surface area contributed by atoms with E-state index in [4.69, 9.17) is 16.3 Å². The topological polar surface area (TPSA) is 58.5 Å². The standard InChI is InChI=1S/C19H24ClN3O2/c1-13(2)25-19-4-3-16(20)7-15(19)11-23-10-14(18(24)12-23)8-17-9-21-5-6-22-17/h3-7,9,13-14,18,24H,8,10-12H2,1-2H3. The normalized spacial score (nSPS) is 21.0. The number of β-amino-alcohol motifs (C(OH)–C–C–N with tert-alkyl or cyclic N) is 1. The molecule has 0 aliphatic carbocycles. The van der Waals surface area contributed by atoms with E-state index in [1.54, 1.807) is 18.6 Å². The van der Waals surface area contributed by atoms with Crippen LogP contribution in [0, 0.1) is 5.92 Å². The van der Waals surface area contributed by atoms with Crippen LogP contribution in [-0.4, -0.2) is 45.3 Å². The van der Waals surface area contributed by atoms with Gasteiger partial charge in [0.05, 0.1) is 17.9 Å². The van der Waals surface area contributed by atoms with Crippen LogP contribution >= 0.6 is 11.6 Å². The van der Waals surface area contributed by atoms with Crippen LogP contribution in [0.15, 0.2) is 36.8 Å². The van der Waals surface area contributed by atoms with Crippen molar-refractivity contribution in [2.75, 3.05) is 13.1 Å². The van der Waals surface area contributed by atoms with Crippen LogP contribution < -0.4 is 4.74 Å². The second-order valence-corrected chi connectivity index (χ2v) is 7.28. The molecule has 2 aromatic rings. The molecule has 1 aromatic heterocycles. The Bertz CT molecular complexity index is 696. The first-order chi connectivity index (χ1) is 12.0. The zero-order valence-corrected chi connectivity index (χ0v) is 15.4. The summed E-state index contributed by atoms with van der Waals surface area (Å²) >= 11 is 6.16. The molecule has 0 radical (unpaired) electrons. The van der Waals surface area contributed by atoms with Crippen LogP contribution in [0.4, 0.5) is 0 Å². The molecule has 0 spiro atoms. The average molecular weight is 362 g/mol. The Morgan fingerprint density at radius 2 is 2.16 bits per heavy atom. The maximum atomic E-state index is 10.4. The summed E-state index contributed by atoms with van der Waals surface area (Å²) in [7, 11) is 0. The van der Waals surface area contributed by atoms with Crippen molar-refractivity contribution >= 4 is 11.6 Å². The van der Waals surface area contributed by atoms with Gasteiger partial charge < -0.3 is 9.84 Å². The molecule has 1 fully saturated rings. The largest absolute Gasteiger partial charge is 0.491 e. The first kappa shape index (κ1) is 18.1. The lowest BCUT2D eigenvalue weighted by Crippen LogP contribution is -2.22. The van der Waals surface area contributed by atoms with Gasteiger partial charge in [0.1, 0.15) is 5.75 Å². The Labute approximate surface area is 153 Å². The van der Waals surface area contributed by atoms with Crippen molar-refractivity contribution in [2.24, 2.45) is 5.92 Å². The van der Waals surface area contributed by atoms with Crippen LogP contribution in [0.2, 0.25) is 5.02 Å². The third kappa shape index (κ3) is 4.91. The van der Waals surface area contributed by atoms with Gasteiger partial charge in [0, 0.05) is 54.7 Å². The highest BCUT2D eigenvalue weighted by Gasteiger charge is 2.32. The number of ether oxygens (including phenoxy) is 1. The molecule has 3 rings (SSSR count). The summed E-state index contributed by atoms with van der Waals surface area (Å²) in [6.07, 6.45) is 5.59. The number of nitrogens with zero attached hydrogens (tertiary/aromatic N) is 3. The van der Waals surface area contributed by atoms with Crippen molar-refractivity contribution in [3.63, 3.8) is 0 Å². The molecule has 6 heteroatoms. The highest BCUT2D eigenvalue weighted by atomic mass is 35.5. The van der Waals surface area contributed by atoms with Crippen molar-refractivity contribution in [3.8, 4) is 5.75 Å². The molecule has 1 N–H and O–H groups in total. The Kier molecular flexibility index (Phi) is 5.89. The molecule has 1 saturated heterocycles. The lowest BCUT2D eigenvalue weighted by atomic mass is 10.0. The minimum Gasteiger partial charge on any atom is -0.491 e. The number of hydrogen-bond donors (Lipinski definition) is 1. The fourth-order valence-electron chi connectivity index (χ4n) is 3.26. The zero-order valence-electron chi connectivity index (χ0n) is 14.6. The summed E-state index contributed by atoms with van der Waals surface area (Å²) in [6, 6.07) is 5.71. The van der Waals surface area contributed by atoms with Gasteiger partial charge in [0.15, 0.2) is 0 Å². The maximum absolute atomic E-state index is 10.4. The second-order valence-electron chi connectivity index (χ2n) is 6.84. The molecule has 1 aliphatic heterocycles. The molecule has 2 atom stereocenters. The van der Waals surface area contributed by atoms with E-state index < -0.39 is 0 Å². The van der Waals surface area contributed by atoms with Crippen LogP contribution in [-0.2, 0) is 13.0 Å². The number of aliphatic hydroxyl groups is 1. The quantitative estimate of drug-likeness (QED) is 0.857. The predicted molar refractivity (Wildman–Crippen MR) is 97.7 cm³/mol. The van der Waals surface area contributed by atoms with E-state index in [1.165, 1.54) is 0 Å². The van der Waals surface area contributed by atoms with Crippen LogP contribution in [0.1, 0.15) is 25.1 Å². The van der Waals surface area contributed by atoms with Gasteiger partial charge in [-0.1, -0.05) is 11.6 Å². The Hall–Kier alpha value is -1.69. The summed E-state index contributed by atoms with van der Waals surface area (Å²) in [5, 5.41) is 11.1. The fraction of sp³-hybridized carbons (Fsp3) is 0.474. The van der Waals surface area contributed by atoms with Gasteiger partial charge in [0.25, 0.3) is 0 Å². The van der Waals surface area contributed by atoms with Crippen molar-refractivity contribution in [1.82, 2.24) is 14.9 Å². The number of halogens is 1. The summed E-state index contributed by atoms with van der Waals surface area (Å²) in [4.78, 5) is 10.7. The van der Waals surface area contributed by atoms with Gasteiger partial charge in [0.2, 0.25) is 0 Å². The van der Waals surface area contributed by atoms with Crippen molar-refractivity contribution in [1.29, 1.82) is 0 Å². The monoisotopic (exact) mass is 361 g/mol. The van der Waals surface area contributed by atoms with Gasteiger partial charge >= 0.3 is 0 Å². The molecular formula is C19H24ClN3O2. The Morgan fingerprint density at radius 3 is 2.88 bits per heavy atom. The van der Waals surface area contributed by atoms with Crippen LogP contribution in [0.5, 0.6) is 5.75 Å². The molecule has 1 aliphatic rings. The van der Waals surface area contributed by atoms with Gasteiger partial charge in [-0.3, -0.25) is 14.9 Å². The summed E-state index contributed by atoms with van der Waals surface area (Å²) < 4.78 is 5.89. The van der Waals surface area contributed by atoms with E-state index in [0.29, 0.717) is 18.1 Å². The molecule has 2 heterocycles. The smallest absolute Gasteiger partial charge is 0.124 e. The molecule has 5 nitrogen and oxygen atoms in total. The van der Waals surface area contributed by atoms with Crippen molar-refractivity contribution < 1.29 is 9.84 Å². The van der Waals surface area contributed by atoms with Gasteiger partial charge in [-0.2, -0.15) is 0 Å². The molecule has 0 amide bonds. The first-order valence-electron chi connectivity index (χ1n) is 8.61. The van der Waals surface area contributed by atoms with E-state index in [-0.39, 0.29) is 18.1 Å². The molecule has 25 heavy (non-hydrogen) atoms. The third-order valence-electron chi connectivity index (χ3n) is 4.35. The Morgan fingerprint density at radius 1 is 1.32 bits per heavy atom. The number of likely N-dealkylation sites (tertiary alicyclic amines) is 1. The Balaban J connectivity index is 1.67. The number of benzene rings is 1. The SMILES string of the molecule is CC(C)Oc1ccc(Cl)cc1CN1CC(O)C(Cc2cnccn2)C1. The summed E-state index contributed by atoms with van der Waals surface area (Å²) in [6.45, 7) is 6.17. The third-order valence-corrected chi connectivity index (χ3v) is 4.58. The predicted octanol–water partition coefficient (Wildman–Crippen LogP) is 2.95. The second kappa shape index (κ2) is 8.13. The van der Waals surface area contributed by atoms with E-state index in [1.807, 2.05) is 32.0 Å². The molecule has 0 saturated carbocycles. The molecule has 134 valence electrons. The van der Waals surface area contributed by atoms with E-state index >= 15 is 0 Å². The minimum atomic E-state index is -0.365. The summed E-state index contributed by atoms with van der Waals surface area (Å²) in [5.74, 6) is 1.01. The highest BCUT2D eigenvalue weighted by molar-refractivity contribution is 6.30. The average Bonchev–Trinajstić information content (AvgIpc) is 2.90. The highest BCUT2D eigenvalue weighted by Crippen LogP contribution is 2.28. The number of hydrogen-bond acceptors (Lipinski definition) is 5. The fourth-order valence-corrected chi connectivity index (χ4v) is 3.45. The van der Waals surface area contributed by atoms with Crippen LogP contribution in [0.3, 0.4) is 0 Å². The van der Waals surface area contributed by atoms with Crippen molar-refractivity contribution in [2.45, 2.75) is 39.0 Å². The first-order valence-corrected chi connectivity index (χ1v) is 8.99. The van der Waals surface area contributed by atoms with E-state index in [2.05, 4.69) is 14.9 Å². The molecular weight excluding hydrogens is 338 g/mol. The van der Waals surface area contributed by atoms with Gasteiger partial charge in [-0.05, 0) is 38.5 Å². The lowest BCUT2D eigenvalue weighted by Gasteiger charge is -2.20. The number of aromatic nitrogens is 2. The summed E-state index contributed by atoms with van der Waals surface area (Å²) in [5.41, 5.74) is 1.97. The molecule has 0 bridgehead atoms. The van der Waals surface area contributed by atoms with Crippen molar-refractivity contribution in [3.05, 3.63) is 53.1 Å². The number of aliphatic hydroxyl groups excluding tert-OH is 1. The maximum Gasteiger partial charge on any atom is 0.124 e. The van der Waals surface area contributed by atoms with E-state index in [9.17, 15) is 5.11 Å². The van der Waals surface area contributed by atoms with E-state index in [0.717, 1.165) is 30.0 Å². The van der Waals surface area contributed by atoms with Crippen LogP contribution in [0.25, 0.3) is 0 Å². The lowest BCUT2D eigenvalue weighted by molar-refractivity contribution is 0.140.